The quantitative estimate of drug-likeness (QED) is 0.796. The highest BCUT2D eigenvalue weighted by Crippen LogP contribution is 2.15. The van der Waals surface area contributed by atoms with Gasteiger partial charge >= 0.3 is 5.97 Å². The number of anilines is 1. The highest BCUT2D eigenvalue weighted by atomic mass is 16.4. The Kier molecular flexibility index (Phi) is 5.50. The van der Waals surface area contributed by atoms with E-state index in [4.69, 9.17) is 0 Å². The number of carboxylic acid groups (broad SMARTS) is 1. The van der Waals surface area contributed by atoms with Crippen LogP contribution in [-0.2, 0) is 11.3 Å². The average molecular weight is 292 g/mol. The van der Waals surface area contributed by atoms with E-state index in [0.717, 1.165) is 24.6 Å². The average Bonchev–Trinajstić information content (AvgIpc) is 2.97. The molecule has 2 heterocycles. The predicted octanol–water partition coefficient (Wildman–Crippen LogP) is 1.67. The van der Waals surface area contributed by atoms with Gasteiger partial charge in [-0.1, -0.05) is 13.8 Å². The van der Waals surface area contributed by atoms with Crippen LogP contribution in [0, 0.1) is 5.92 Å². The van der Waals surface area contributed by atoms with Gasteiger partial charge < -0.3 is 15.3 Å². The van der Waals surface area contributed by atoms with E-state index < -0.39 is 12.0 Å². The molecule has 1 atom stereocenters. The molecule has 0 bridgehead atoms. The van der Waals surface area contributed by atoms with Crippen LogP contribution in [0.4, 0.5) is 5.95 Å². The first kappa shape index (κ1) is 15.7. The van der Waals surface area contributed by atoms with Crippen molar-refractivity contribution in [2.24, 2.45) is 5.92 Å². The molecule has 0 aromatic carbocycles. The maximum absolute atomic E-state index is 11.2. The molecule has 1 saturated heterocycles. The molecule has 6 heteroatoms. The Hall–Kier alpha value is -1.69. The number of carboxylic acids is 1. The van der Waals surface area contributed by atoms with E-state index in [2.05, 4.69) is 20.2 Å². The Labute approximate surface area is 125 Å². The van der Waals surface area contributed by atoms with Crippen molar-refractivity contribution in [2.45, 2.75) is 45.7 Å². The van der Waals surface area contributed by atoms with E-state index in [0.29, 0.717) is 18.9 Å². The molecule has 0 saturated carbocycles. The van der Waals surface area contributed by atoms with E-state index >= 15 is 0 Å². The van der Waals surface area contributed by atoms with Crippen LogP contribution in [0.15, 0.2) is 12.4 Å². The fourth-order valence-electron chi connectivity index (χ4n) is 2.50. The zero-order chi connectivity index (χ0) is 15.2. The molecule has 2 rings (SSSR count). The Balaban J connectivity index is 1.88. The van der Waals surface area contributed by atoms with Crippen molar-refractivity contribution in [3.05, 3.63) is 18.0 Å². The van der Waals surface area contributed by atoms with Gasteiger partial charge in [0.25, 0.3) is 0 Å². The highest BCUT2D eigenvalue weighted by Gasteiger charge is 2.18. The van der Waals surface area contributed by atoms with E-state index in [1.807, 2.05) is 13.8 Å². The third-order valence-corrected chi connectivity index (χ3v) is 3.64. The van der Waals surface area contributed by atoms with Crippen LogP contribution in [0.25, 0.3) is 0 Å². The number of hydrogen-bond acceptors (Lipinski definition) is 5. The van der Waals surface area contributed by atoms with Crippen LogP contribution in [0.3, 0.4) is 0 Å². The summed E-state index contributed by atoms with van der Waals surface area (Å²) in [6.45, 7) is 6.56. The van der Waals surface area contributed by atoms with Crippen LogP contribution in [0.2, 0.25) is 0 Å². The van der Waals surface area contributed by atoms with Crippen LogP contribution in [0.5, 0.6) is 0 Å². The molecule has 0 amide bonds. The Morgan fingerprint density at radius 1 is 1.33 bits per heavy atom. The van der Waals surface area contributed by atoms with Crippen molar-refractivity contribution in [3.8, 4) is 0 Å². The number of nitrogens with one attached hydrogen (secondary N) is 1. The van der Waals surface area contributed by atoms with Crippen molar-refractivity contribution in [3.63, 3.8) is 0 Å². The van der Waals surface area contributed by atoms with Gasteiger partial charge in [-0.3, -0.25) is 4.79 Å². The molecule has 6 nitrogen and oxygen atoms in total. The van der Waals surface area contributed by atoms with E-state index in [9.17, 15) is 9.90 Å². The first-order valence-corrected chi connectivity index (χ1v) is 7.58. The molecule has 1 aromatic heterocycles. The second-order valence-corrected chi connectivity index (χ2v) is 5.99. The number of aliphatic carboxylic acids is 1. The molecule has 1 fully saturated rings. The summed E-state index contributed by atoms with van der Waals surface area (Å²) in [5.74, 6) is 0.305. The first-order valence-electron chi connectivity index (χ1n) is 7.58. The van der Waals surface area contributed by atoms with Crippen LogP contribution in [0.1, 0.15) is 38.7 Å². The van der Waals surface area contributed by atoms with Crippen LogP contribution < -0.4 is 10.2 Å². The topological polar surface area (TPSA) is 78.4 Å². The maximum Gasteiger partial charge on any atom is 0.320 e. The minimum absolute atomic E-state index is 0.340. The number of aromatic nitrogens is 2. The molecule has 1 aromatic rings. The summed E-state index contributed by atoms with van der Waals surface area (Å²) in [6, 6.07) is -0.525. The Morgan fingerprint density at radius 3 is 2.48 bits per heavy atom. The van der Waals surface area contributed by atoms with Crippen LogP contribution in [-0.4, -0.2) is 40.2 Å². The summed E-state index contributed by atoms with van der Waals surface area (Å²) < 4.78 is 0. The van der Waals surface area contributed by atoms with Gasteiger partial charge in [0.2, 0.25) is 5.95 Å². The van der Waals surface area contributed by atoms with Gasteiger partial charge in [-0.2, -0.15) is 0 Å². The second kappa shape index (κ2) is 7.36. The lowest BCUT2D eigenvalue weighted by Gasteiger charge is -2.17. The summed E-state index contributed by atoms with van der Waals surface area (Å²) >= 11 is 0. The normalized spacial score (nSPS) is 16.4. The highest BCUT2D eigenvalue weighted by molar-refractivity contribution is 5.73. The van der Waals surface area contributed by atoms with Gasteiger partial charge in [0.05, 0.1) is 0 Å². The van der Waals surface area contributed by atoms with Gasteiger partial charge in [-0.15, -0.1) is 0 Å². The molecule has 21 heavy (non-hydrogen) atoms. The molecule has 1 aliphatic rings. The second-order valence-electron chi connectivity index (χ2n) is 5.99. The number of carbonyl (C=O) groups is 1. The molecular formula is C15H24N4O2. The van der Waals surface area contributed by atoms with Crippen molar-refractivity contribution < 1.29 is 9.90 Å². The number of rotatable bonds is 7. The number of hydrogen-bond donors (Lipinski definition) is 2. The summed E-state index contributed by atoms with van der Waals surface area (Å²) in [7, 11) is 0. The standard InChI is InChI=1S/C15H24N4O2/c1-11(2)7-13(14(20)21)16-8-12-9-17-15(18-10-12)19-5-3-4-6-19/h9-11,13,16H,3-8H2,1-2H3,(H,20,21). The summed E-state index contributed by atoms with van der Waals surface area (Å²) in [5.41, 5.74) is 0.910. The minimum atomic E-state index is -0.807. The minimum Gasteiger partial charge on any atom is -0.480 e. The third-order valence-electron chi connectivity index (χ3n) is 3.64. The largest absolute Gasteiger partial charge is 0.480 e. The molecule has 1 aliphatic heterocycles. The van der Waals surface area contributed by atoms with Crippen molar-refractivity contribution in [2.75, 3.05) is 18.0 Å². The van der Waals surface area contributed by atoms with Crippen molar-refractivity contribution >= 4 is 11.9 Å². The Bertz CT molecular complexity index is 455. The van der Waals surface area contributed by atoms with E-state index in [1.165, 1.54) is 12.8 Å². The molecule has 1 unspecified atom stereocenters. The van der Waals surface area contributed by atoms with Crippen LogP contribution >= 0.6 is 0 Å². The lowest BCUT2D eigenvalue weighted by atomic mass is 10.0. The Morgan fingerprint density at radius 2 is 1.95 bits per heavy atom. The molecule has 116 valence electrons. The first-order chi connectivity index (χ1) is 10.1. The number of nitrogens with zero attached hydrogens (tertiary/aromatic N) is 3. The lowest BCUT2D eigenvalue weighted by Crippen LogP contribution is -2.37. The maximum atomic E-state index is 11.2. The fraction of sp³-hybridized carbons (Fsp3) is 0.667. The SMILES string of the molecule is CC(C)CC(NCc1cnc(N2CCCC2)nc1)C(=O)O. The van der Waals surface area contributed by atoms with Crippen molar-refractivity contribution in [1.29, 1.82) is 0 Å². The van der Waals surface area contributed by atoms with E-state index in [1.54, 1.807) is 12.4 Å². The monoisotopic (exact) mass is 292 g/mol. The summed E-state index contributed by atoms with van der Waals surface area (Å²) in [6.07, 6.45) is 6.57. The molecule has 0 spiro atoms. The zero-order valence-corrected chi connectivity index (χ0v) is 12.7. The van der Waals surface area contributed by atoms with Gasteiger partial charge in [-0.05, 0) is 25.2 Å². The third kappa shape index (κ3) is 4.67. The smallest absolute Gasteiger partial charge is 0.320 e. The molecule has 0 aliphatic carbocycles. The van der Waals surface area contributed by atoms with Gasteiger partial charge in [0.1, 0.15) is 6.04 Å². The van der Waals surface area contributed by atoms with Crippen molar-refractivity contribution in [1.82, 2.24) is 15.3 Å². The predicted molar refractivity (Wildman–Crippen MR) is 81.2 cm³/mol. The van der Waals surface area contributed by atoms with Gasteiger partial charge in [-0.25, -0.2) is 9.97 Å². The molecule has 0 radical (unpaired) electrons. The summed E-state index contributed by atoms with van der Waals surface area (Å²) in [4.78, 5) is 22.1. The fourth-order valence-corrected chi connectivity index (χ4v) is 2.50. The van der Waals surface area contributed by atoms with E-state index in [-0.39, 0.29) is 0 Å². The lowest BCUT2D eigenvalue weighted by molar-refractivity contribution is -0.140. The van der Waals surface area contributed by atoms with Gasteiger partial charge in [0.15, 0.2) is 0 Å². The summed E-state index contributed by atoms with van der Waals surface area (Å²) in [5, 5.41) is 12.3. The van der Waals surface area contributed by atoms with Gasteiger partial charge in [0, 0.05) is 37.6 Å². The molecular weight excluding hydrogens is 268 g/mol. The molecule has 2 N–H and O–H groups in total. The zero-order valence-electron chi connectivity index (χ0n) is 12.7.